The normalized spacial score (nSPS) is 10.4. The molecule has 0 aliphatic heterocycles. The van der Waals surface area contributed by atoms with Crippen molar-refractivity contribution in [3.05, 3.63) is 51.1 Å². The van der Waals surface area contributed by atoms with Gasteiger partial charge in [0.05, 0.1) is 18.7 Å². The Kier molecular flexibility index (Phi) is 6.67. The molecule has 0 radical (unpaired) electrons. The Morgan fingerprint density at radius 3 is 2.25 bits per heavy atom. The summed E-state index contributed by atoms with van der Waals surface area (Å²) in [6, 6.07) is 10.2. The van der Waals surface area contributed by atoms with Crippen LogP contribution in [0.15, 0.2) is 34.8 Å². The first-order valence-corrected chi connectivity index (χ1v) is 9.64. The Morgan fingerprint density at radius 2 is 1.70 bits per heavy atom. The minimum atomic E-state index is 0.537. The van der Waals surface area contributed by atoms with Gasteiger partial charge in [-0.2, -0.15) is 0 Å². The van der Waals surface area contributed by atoms with E-state index in [2.05, 4.69) is 95.8 Å². The first-order chi connectivity index (χ1) is 9.51. The summed E-state index contributed by atoms with van der Waals surface area (Å²) in [4.78, 5) is 0. The van der Waals surface area contributed by atoms with E-state index in [9.17, 15) is 0 Å². The average Bonchev–Trinajstić information content (AvgIpc) is 2.37. The van der Waals surface area contributed by atoms with Crippen LogP contribution in [-0.4, -0.2) is 7.11 Å². The number of hydrogen-bond acceptors (Lipinski definition) is 2. The second kappa shape index (κ2) is 7.82. The van der Waals surface area contributed by atoms with Crippen molar-refractivity contribution in [2.45, 2.75) is 6.61 Å². The van der Waals surface area contributed by atoms with Crippen LogP contribution in [0.1, 0.15) is 5.56 Å². The zero-order chi connectivity index (χ0) is 14.7. The summed E-state index contributed by atoms with van der Waals surface area (Å²) in [5.74, 6) is 1.77. The molecule has 6 heteroatoms. The van der Waals surface area contributed by atoms with Gasteiger partial charge in [-0.05, 0) is 114 Å². The van der Waals surface area contributed by atoms with Gasteiger partial charge in [0.2, 0.25) is 0 Å². The van der Waals surface area contributed by atoms with Gasteiger partial charge in [0.25, 0.3) is 0 Å². The van der Waals surface area contributed by atoms with Crippen molar-refractivity contribution in [3.63, 3.8) is 0 Å². The molecule has 0 unspecified atom stereocenters. The summed E-state index contributed by atoms with van der Waals surface area (Å²) in [6.07, 6.45) is 0. The molecule has 0 N–H and O–H groups in total. The van der Waals surface area contributed by atoms with Gasteiger partial charge < -0.3 is 9.47 Å². The largest absolute Gasteiger partial charge is 0.496 e. The third-order valence-corrected chi connectivity index (χ3v) is 5.41. The predicted molar refractivity (Wildman–Crippen MR) is 110 cm³/mol. The fourth-order valence-corrected chi connectivity index (χ4v) is 6.10. The lowest BCUT2D eigenvalue weighted by Crippen LogP contribution is -2.00. The van der Waals surface area contributed by atoms with Crippen molar-refractivity contribution in [2.75, 3.05) is 7.11 Å². The fraction of sp³-hybridized carbons (Fsp3) is 0.143. The van der Waals surface area contributed by atoms with E-state index in [1.54, 1.807) is 7.11 Å². The summed E-state index contributed by atoms with van der Waals surface area (Å²) in [5, 5.41) is 0. The lowest BCUT2D eigenvalue weighted by Gasteiger charge is -2.12. The summed E-state index contributed by atoms with van der Waals surface area (Å²) in [7, 11) is 1.66. The third kappa shape index (κ3) is 4.35. The molecule has 0 fully saturated rings. The maximum Gasteiger partial charge on any atom is 0.146 e. The molecule has 2 aromatic rings. The van der Waals surface area contributed by atoms with Crippen LogP contribution in [0.4, 0.5) is 0 Å². The number of halogens is 4. The standard InChI is InChI=1S/C14H10BrI3O2/c1-19-13-3-2-8(4-10(13)15)7-20-14-11(17)5-9(16)6-12(14)18/h2-6H,7H2,1H3. The molecule has 0 atom stereocenters. The summed E-state index contributed by atoms with van der Waals surface area (Å²) >= 11 is 10.4. The Balaban J connectivity index is 2.15. The number of methoxy groups -OCH3 is 1. The van der Waals surface area contributed by atoms with Crippen molar-refractivity contribution in [3.8, 4) is 11.5 Å². The van der Waals surface area contributed by atoms with Gasteiger partial charge in [0.15, 0.2) is 0 Å². The van der Waals surface area contributed by atoms with E-state index in [4.69, 9.17) is 9.47 Å². The van der Waals surface area contributed by atoms with Crippen molar-refractivity contribution >= 4 is 83.7 Å². The molecule has 2 rings (SSSR count). The van der Waals surface area contributed by atoms with Gasteiger partial charge in [0.1, 0.15) is 18.1 Å². The van der Waals surface area contributed by atoms with Crippen molar-refractivity contribution < 1.29 is 9.47 Å². The average molecular weight is 671 g/mol. The maximum atomic E-state index is 5.96. The van der Waals surface area contributed by atoms with Crippen LogP contribution in [0.25, 0.3) is 0 Å². The number of rotatable bonds is 4. The Hall–Kier alpha value is 0.710. The molecule has 0 aliphatic rings. The van der Waals surface area contributed by atoms with E-state index in [1.807, 2.05) is 18.2 Å². The minimum Gasteiger partial charge on any atom is -0.496 e. The van der Waals surface area contributed by atoms with Crippen LogP contribution in [0.5, 0.6) is 11.5 Å². The summed E-state index contributed by atoms with van der Waals surface area (Å²) in [6.45, 7) is 0.537. The molecule has 0 amide bonds. The third-order valence-electron chi connectivity index (χ3n) is 2.56. The second-order valence-electron chi connectivity index (χ2n) is 3.96. The van der Waals surface area contributed by atoms with Crippen molar-refractivity contribution in [1.29, 1.82) is 0 Å². The van der Waals surface area contributed by atoms with Gasteiger partial charge in [-0.25, -0.2) is 0 Å². The van der Waals surface area contributed by atoms with Crippen LogP contribution < -0.4 is 9.47 Å². The molecule has 2 nitrogen and oxygen atoms in total. The van der Waals surface area contributed by atoms with Gasteiger partial charge in [-0.1, -0.05) is 6.07 Å². The number of ether oxygens (including phenoxy) is 2. The maximum absolute atomic E-state index is 5.96. The molecule has 0 bridgehead atoms. The quantitative estimate of drug-likeness (QED) is 0.381. The Morgan fingerprint density at radius 1 is 1.05 bits per heavy atom. The first kappa shape index (κ1) is 17.1. The monoisotopic (exact) mass is 670 g/mol. The lowest BCUT2D eigenvalue weighted by molar-refractivity contribution is 0.301. The fourth-order valence-electron chi connectivity index (χ4n) is 1.62. The highest BCUT2D eigenvalue weighted by Crippen LogP contribution is 2.31. The highest BCUT2D eigenvalue weighted by molar-refractivity contribution is 14.1. The van der Waals surface area contributed by atoms with E-state index in [1.165, 1.54) is 3.57 Å². The van der Waals surface area contributed by atoms with E-state index in [-0.39, 0.29) is 0 Å². The van der Waals surface area contributed by atoms with Crippen LogP contribution in [0.2, 0.25) is 0 Å². The molecule has 20 heavy (non-hydrogen) atoms. The van der Waals surface area contributed by atoms with E-state index in [0.717, 1.165) is 28.7 Å². The highest BCUT2D eigenvalue weighted by atomic mass is 127. The summed E-state index contributed by atoms with van der Waals surface area (Å²) < 4.78 is 15.6. The SMILES string of the molecule is COc1ccc(COc2c(I)cc(I)cc2I)cc1Br. The number of hydrogen-bond donors (Lipinski definition) is 0. The van der Waals surface area contributed by atoms with E-state index < -0.39 is 0 Å². The molecule has 0 heterocycles. The molecule has 0 saturated heterocycles. The molecule has 0 aromatic heterocycles. The van der Waals surface area contributed by atoms with Crippen molar-refractivity contribution in [2.24, 2.45) is 0 Å². The van der Waals surface area contributed by atoms with E-state index >= 15 is 0 Å². The topological polar surface area (TPSA) is 18.5 Å². The number of benzene rings is 2. The molecule has 0 saturated carbocycles. The minimum absolute atomic E-state index is 0.537. The van der Waals surface area contributed by atoms with Gasteiger partial charge >= 0.3 is 0 Å². The van der Waals surface area contributed by atoms with Gasteiger partial charge in [0, 0.05) is 3.57 Å². The van der Waals surface area contributed by atoms with E-state index in [0.29, 0.717) is 6.61 Å². The van der Waals surface area contributed by atoms with Crippen LogP contribution in [-0.2, 0) is 6.61 Å². The lowest BCUT2D eigenvalue weighted by atomic mass is 10.2. The zero-order valence-electron chi connectivity index (χ0n) is 10.4. The Bertz CT molecular complexity index is 609. The van der Waals surface area contributed by atoms with Gasteiger partial charge in [-0.3, -0.25) is 0 Å². The van der Waals surface area contributed by atoms with Gasteiger partial charge in [-0.15, -0.1) is 0 Å². The molecule has 2 aromatic carbocycles. The zero-order valence-corrected chi connectivity index (χ0v) is 18.5. The van der Waals surface area contributed by atoms with Crippen LogP contribution in [0, 0.1) is 10.7 Å². The molecule has 106 valence electrons. The summed E-state index contributed by atoms with van der Waals surface area (Å²) in [5.41, 5.74) is 1.10. The first-order valence-electron chi connectivity index (χ1n) is 5.61. The predicted octanol–water partition coefficient (Wildman–Crippen LogP) is 5.85. The molecule has 0 spiro atoms. The highest BCUT2D eigenvalue weighted by Gasteiger charge is 2.09. The Labute approximate surface area is 167 Å². The molecular weight excluding hydrogens is 661 g/mol. The van der Waals surface area contributed by atoms with Crippen molar-refractivity contribution in [1.82, 2.24) is 0 Å². The van der Waals surface area contributed by atoms with Crippen LogP contribution >= 0.6 is 83.7 Å². The second-order valence-corrected chi connectivity index (χ2v) is 8.38. The smallest absolute Gasteiger partial charge is 0.146 e. The molecule has 0 aliphatic carbocycles. The van der Waals surface area contributed by atoms with Crippen LogP contribution in [0.3, 0.4) is 0 Å². The molecular formula is C14H10BrI3O2.